The molecular formula is C17H21N5O2. The summed E-state index contributed by atoms with van der Waals surface area (Å²) >= 11 is 0. The van der Waals surface area contributed by atoms with Crippen LogP contribution in [0.5, 0.6) is 0 Å². The summed E-state index contributed by atoms with van der Waals surface area (Å²) in [5.74, 6) is 0.342. The van der Waals surface area contributed by atoms with Crippen LogP contribution in [0.3, 0.4) is 0 Å². The third-order valence-electron chi connectivity index (χ3n) is 4.64. The predicted molar refractivity (Wildman–Crippen MR) is 89.6 cm³/mol. The average molecular weight is 327 g/mol. The van der Waals surface area contributed by atoms with Crippen LogP contribution in [-0.2, 0) is 0 Å². The molecule has 0 spiro atoms. The number of fused-ring (bicyclic) bond motifs is 1. The summed E-state index contributed by atoms with van der Waals surface area (Å²) < 4.78 is 6.83. The summed E-state index contributed by atoms with van der Waals surface area (Å²) in [5, 5.41) is 3.10. The average Bonchev–Trinajstić information content (AvgIpc) is 3.09. The van der Waals surface area contributed by atoms with Crippen molar-refractivity contribution in [1.29, 1.82) is 0 Å². The highest BCUT2D eigenvalue weighted by Crippen LogP contribution is 2.39. The lowest BCUT2D eigenvalue weighted by Gasteiger charge is -2.25. The maximum Gasteiger partial charge on any atom is 0.274 e. The van der Waals surface area contributed by atoms with Gasteiger partial charge in [-0.1, -0.05) is 0 Å². The predicted octanol–water partition coefficient (Wildman–Crippen LogP) is 2.86. The van der Waals surface area contributed by atoms with Crippen LogP contribution in [0, 0.1) is 12.8 Å². The van der Waals surface area contributed by atoms with Gasteiger partial charge in [-0.15, -0.1) is 0 Å². The fraction of sp³-hybridized carbons (Fsp3) is 0.412. The van der Waals surface area contributed by atoms with Crippen molar-refractivity contribution < 1.29 is 10.6 Å². The zero-order valence-corrected chi connectivity index (χ0v) is 13.9. The molecule has 7 heteroatoms. The maximum absolute atomic E-state index is 12.7. The van der Waals surface area contributed by atoms with Crippen molar-refractivity contribution in [3.63, 3.8) is 0 Å². The van der Waals surface area contributed by atoms with Crippen LogP contribution < -0.4 is 5.32 Å². The lowest BCUT2D eigenvalue weighted by atomic mass is 9.98. The molecular weight excluding hydrogens is 306 g/mol. The van der Waals surface area contributed by atoms with Crippen molar-refractivity contribution >= 4 is 11.6 Å². The number of rotatable bonds is 4. The number of aryl methyl sites for hydroxylation is 1. The van der Waals surface area contributed by atoms with Gasteiger partial charge in [0.2, 0.25) is 0 Å². The summed E-state index contributed by atoms with van der Waals surface area (Å²) in [4.78, 5) is 25.7. The Kier molecular flexibility index (Phi) is 3.19. The molecule has 0 aromatic carbocycles. The van der Waals surface area contributed by atoms with Crippen LogP contribution in [0.1, 0.15) is 44.3 Å². The van der Waals surface area contributed by atoms with Crippen LogP contribution in [0.25, 0.3) is 17.0 Å². The molecule has 1 N–H and O–H groups in total. The molecule has 0 bridgehead atoms. The zero-order valence-electron chi connectivity index (χ0n) is 13.9. The molecule has 126 valence electrons. The Hall–Kier alpha value is -2.70. The minimum absolute atomic E-state index is 0. The molecule has 1 aliphatic rings. The number of hydrogen-bond donors (Lipinski definition) is 1. The van der Waals surface area contributed by atoms with E-state index in [1.165, 1.54) is 12.7 Å². The molecule has 3 aromatic rings. The molecule has 7 nitrogen and oxygen atoms in total. The number of carbonyl (C=O) groups is 1. The van der Waals surface area contributed by atoms with Gasteiger partial charge in [0.25, 0.3) is 5.91 Å². The Balaban J connectivity index is 0.00000182. The lowest BCUT2D eigenvalue weighted by Crippen LogP contribution is -2.45. The van der Waals surface area contributed by atoms with Crippen molar-refractivity contribution in [2.45, 2.75) is 39.2 Å². The van der Waals surface area contributed by atoms with Gasteiger partial charge in [-0.25, -0.2) is 15.0 Å². The number of carbonyl (C=O) groups excluding carboxylic acids is 1. The molecule has 4 rings (SSSR count). The van der Waals surface area contributed by atoms with E-state index >= 15 is 0 Å². The zero-order chi connectivity index (χ0) is 16.9. The summed E-state index contributed by atoms with van der Waals surface area (Å²) in [6, 6.07) is 1.89. The van der Waals surface area contributed by atoms with Gasteiger partial charge < -0.3 is 9.73 Å². The summed E-state index contributed by atoms with van der Waals surface area (Å²) in [6.45, 7) is 6.05. The van der Waals surface area contributed by atoms with Crippen LogP contribution in [0.15, 0.2) is 29.5 Å². The van der Waals surface area contributed by atoms with Gasteiger partial charge in [-0.2, -0.15) is 0 Å². The molecule has 3 heterocycles. The molecule has 3 aromatic heterocycles. The molecule has 24 heavy (non-hydrogen) atoms. The minimum atomic E-state index is -0.230. The van der Waals surface area contributed by atoms with Crippen molar-refractivity contribution in [2.24, 2.45) is 5.92 Å². The van der Waals surface area contributed by atoms with Crippen LogP contribution in [-0.4, -0.2) is 30.8 Å². The molecule has 1 saturated carbocycles. The molecule has 1 amide bonds. The van der Waals surface area contributed by atoms with E-state index in [0.717, 1.165) is 18.5 Å². The Bertz CT molecular complexity index is 913. The first-order valence-electron chi connectivity index (χ1n) is 8.01. The number of oxazole rings is 1. The number of amides is 1. The summed E-state index contributed by atoms with van der Waals surface area (Å²) in [7, 11) is 0. The monoisotopic (exact) mass is 327 g/mol. The van der Waals surface area contributed by atoms with Crippen LogP contribution in [0.4, 0.5) is 0 Å². The van der Waals surface area contributed by atoms with Gasteiger partial charge >= 0.3 is 0 Å². The molecule has 0 aliphatic heterocycles. The summed E-state index contributed by atoms with van der Waals surface area (Å²) in [5.41, 5.74) is 2.84. The number of nitrogens with zero attached hydrogens (tertiary/aromatic N) is 4. The smallest absolute Gasteiger partial charge is 0.274 e. The van der Waals surface area contributed by atoms with Crippen molar-refractivity contribution in [2.75, 3.05) is 0 Å². The van der Waals surface area contributed by atoms with Gasteiger partial charge in [-0.05, 0) is 45.6 Å². The highest BCUT2D eigenvalue weighted by Gasteiger charge is 2.39. The Morgan fingerprint density at radius 2 is 2.17 bits per heavy atom. The van der Waals surface area contributed by atoms with Gasteiger partial charge in [0.15, 0.2) is 17.7 Å². The van der Waals surface area contributed by atoms with Gasteiger partial charge in [0, 0.05) is 12.7 Å². The van der Waals surface area contributed by atoms with Crippen LogP contribution >= 0.6 is 0 Å². The standard InChI is InChI=1S/C17H19N5O2.H2/c1-10-6-12(13-7-24-9-19-13)20-15-14(18-8-22(10)15)16(23)21-17(2,3)11-4-5-11;/h6-9,11H,4-5H2,1-3H3,(H,21,23);1H. The molecule has 0 atom stereocenters. The topological polar surface area (TPSA) is 85.3 Å². The Morgan fingerprint density at radius 3 is 2.83 bits per heavy atom. The van der Waals surface area contributed by atoms with Crippen molar-refractivity contribution in [1.82, 2.24) is 24.7 Å². The Labute approximate surface area is 140 Å². The van der Waals surface area contributed by atoms with Crippen LogP contribution in [0.2, 0.25) is 0 Å². The third-order valence-corrected chi connectivity index (χ3v) is 4.64. The van der Waals surface area contributed by atoms with E-state index in [9.17, 15) is 4.79 Å². The first-order chi connectivity index (χ1) is 11.5. The molecule has 1 aliphatic carbocycles. The SMILES string of the molecule is Cc1cc(-c2cocn2)nc2c(C(=O)NC(C)(C)C3CC3)ncn12.[HH]. The normalized spacial score (nSPS) is 15.0. The van der Waals surface area contributed by atoms with E-state index in [0.29, 0.717) is 28.6 Å². The fourth-order valence-electron chi connectivity index (χ4n) is 3.01. The highest BCUT2D eigenvalue weighted by atomic mass is 16.3. The van der Waals surface area contributed by atoms with Crippen molar-refractivity contribution in [3.05, 3.63) is 36.4 Å². The van der Waals surface area contributed by atoms with Gasteiger partial charge in [0.05, 0.1) is 5.69 Å². The minimum Gasteiger partial charge on any atom is -0.451 e. The molecule has 0 radical (unpaired) electrons. The molecule has 0 unspecified atom stereocenters. The second-order valence-electron chi connectivity index (χ2n) is 6.89. The number of hydrogen-bond acceptors (Lipinski definition) is 5. The van der Waals surface area contributed by atoms with E-state index in [2.05, 4.69) is 34.1 Å². The first kappa shape index (κ1) is 14.9. The second-order valence-corrected chi connectivity index (χ2v) is 6.89. The Morgan fingerprint density at radius 1 is 1.38 bits per heavy atom. The lowest BCUT2D eigenvalue weighted by molar-refractivity contribution is 0.0900. The summed E-state index contributed by atoms with van der Waals surface area (Å²) in [6.07, 6.45) is 6.84. The van der Waals surface area contributed by atoms with Gasteiger partial charge in [-0.3, -0.25) is 9.20 Å². The highest BCUT2D eigenvalue weighted by molar-refractivity contribution is 5.98. The van der Waals surface area contributed by atoms with E-state index in [-0.39, 0.29) is 12.9 Å². The number of nitrogens with one attached hydrogen (secondary N) is 1. The third kappa shape index (κ3) is 2.46. The quantitative estimate of drug-likeness (QED) is 0.796. The van der Waals surface area contributed by atoms with E-state index in [4.69, 9.17) is 4.42 Å². The van der Waals surface area contributed by atoms with Gasteiger partial charge in [0.1, 0.15) is 18.3 Å². The molecule has 1 fully saturated rings. The second kappa shape index (κ2) is 5.15. The maximum atomic E-state index is 12.7. The fourth-order valence-corrected chi connectivity index (χ4v) is 3.01. The van der Waals surface area contributed by atoms with E-state index < -0.39 is 0 Å². The molecule has 0 saturated heterocycles. The van der Waals surface area contributed by atoms with E-state index in [1.807, 2.05) is 17.4 Å². The van der Waals surface area contributed by atoms with E-state index in [1.54, 1.807) is 6.33 Å². The first-order valence-corrected chi connectivity index (χ1v) is 8.01. The number of imidazole rings is 1. The largest absolute Gasteiger partial charge is 0.451 e. The van der Waals surface area contributed by atoms with Crippen molar-refractivity contribution in [3.8, 4) is 11.4 Å². The number of aromatic nitrogens is 4.